The van der Waals surface area contributed by atoms with Gasteiger partial charge in [-0.2, -0.15) is 0 Å². The van der Waals surface area contributed by atoms with E-state index in [1.807, 2.05) is 66.7 Å². The summed E-state index contributed by atoms with van der Waals surface area (Å²) in [5.41, 5.74) is 3.76. The van der Waals surface area contributed by atoms with Crippen LogP contribution in [0, 0.1) is 0 Å². The number of nitrogens with zero attached hydrogens (tertiary/aromatic N) is 2. The first kappa shape index (κ1) is 18.1. The van der Waals surface area contributed by atoms with Gasteiger partial charge in [0.2, 0.25) is 0 Å². The van der Waals surface area contributed by atoms with Gasteiger partial charge in [0.15, 0.2) is 0 Å². The molecule has 0 radical (unpaired) electrons. The van der Waals surface area contributed by atoms with Crippen molar-refractivity contribution in [3.63, 3.8) is 0 Å². The van der Waals surface area contributed by atoms with Crippen molar-refractivity contribution < 1.29 is 9.84 Å². The van der Waals surface area contributed by atoms with E-state index in [1.54, 1.807) is 16.2 Å². The van der Waals surface area contributed by atoms with E-state index in [-0.39, 0.29) is 18.8 Å². The molecule has 4 rings (SSSR count). The van der Waals surface area contributed by atoms with Crippen molar-refractivity contribution in [3.05, 3.63) is 89.3 Å². The predicted molar refractivity (Wildman–Crippen MR) is 111 cm³/mol. The second-order valence-corrected chi connectivity index (χ2v) is 6.80. The van der Waals surface area contributed by atoms with Gasteiger partial charge in [0.05, 0.1) is 17.6 Å². The Labute approximate surface area is 163 Å². The Morgan fingerprint density at radius 1 is 0.857 bits per heavy atom. The maximum atomic E-state index is 12.4. The molecule has 142 valence electrons. The molecule has 28 heavy (non-hydrogen) atoms. The lowest BCUT2D eigenvalue weighted by molar-refractivity contribution is 0.0925. The van der Waals surface area contributed by atoms with Crippen LogP contribution in [0.25, 0.3) is 22.2 Å². The number of aromatic nitrogens is 2. The fourth-order valence-electron chi connectivity index (χ4n) is 3.37. The summed E-state index contributed by atoms with van der Waals surface area (Å²) in [5, 5.41) is 10.4. The van der Waals surface area contributed by atoms with Crippen LogP contribution in [-0.2, 0) is 13.6 Å². The van der Waals surface area contributed by atoms with Crippen LogP contribution in [0.15, 0.2) is 83.7 Å². The quantitative estimate of drug-likeness (QED) is 0.562. The Bertz CT molecular complexity index is 1130. The highest BCUT2D eigenvalue weighted by molar-refractivity contribution is 5.75. The minimum atomic E-state index is -0.794. The first-order chi connectivity index (χ1) is 13.6. The smallest absolute Gasteiger partial charge is 0.328 e. The van der Waals surface area contributed by atoms with Crippen molar-refractivity contribution >= 4 is 11.0 Å². The van der Waals surface area contributed by atoms with Gasteiger partial charge >= 0.3 is 5.69 Å². The SMILES string of the molecule is Cn1c(=O)n(CC(O)COc2ccc(-c3ccccc3)cc2)c2ccccc21. The molecule has 0 aliphatic heterocycles. The Morgan fingerprint density at radius 2 is 1.46 bits per heavy atom. The third-order valence-electron chi connectivity index (χ3n) is 4.85. The number of hydrogen-bond acceptors (Lipinski definition) is 3. The van der Waals surface area contributed by atoms with Crippen LogP contribution in [0.1, 0.15) is 0 Å². The van der Waals surface area contributed by atoms with Crippen LogP contribution in [0.2, 0.25) is 0 Å². The van der Waals surface area contributed by atoms with Crippen LogP contribution < -0.4 is 10.4 Å². The molecule has 0 fully saturated rings. The van der Waals surface area contributed by atoms with Crippen molar-refractivity contribution in [2.75, 3.05) is 6.61 Å². The summed E-state index contributed by atoms with van der Waals surface area (Å²) in [6.07, 6.45) is -0.794. The van der Waals surface area contributed by atoms with E-state index in [1.165, 1.54) is 0 Å². The molecule has 0 saturated heterocycles. The number of para-hydroxylation sites is 2. The third kappa shape index (κ3) is 3.57. The lowest BCUT2D eigenvalue weighted by Gasteiger charge is -2.13. The van der Waals surface area contributed by atoms with Crippen molar-refractivity contribution in [1.82, 2.24) is 9.13 Å². The van der Waals surface area contributed by atoms with E-state index in [9.17, 15) is 9.90 Å². The predicted octanol–water partition coefficient (Wildman–Crippen LogP) is 3.45. The molecular formula is C23H22N2O3. The molecule has 0 spiro atoms. The molecule has 0 aliphatic carbocycles. The van der Waals surface area contributed by atoms with Crippen LogP contribution in [-0.4, -0.2) is 27.0 Å². The summed E-state index contributed by atoms with van der Waals surface area (Å²) < 4.78 is 8.89. The second-order valence-electron chi connectivity index (χ2n) is 6.80. The minimum absolute atomic E-state index is 0.111. The zero-order valence-corrected chi connectivity index (χ0v) is 15.7. The van der Waals surface area contributed by atoms with Crippen molar-refractivity contribution in [1.29, 1.82) is 0 Å². The molecule has 1 aromatic heterocycles. The maximum Gasteiger partial charge on any atom is 0.328 e. The summed E-state index contributed by atoms with van der Waals surface area (Å²) in [6, 6.07) is 25.4. The first-order valence-corrected chi connectivity index (χ1v) is 9.24. The summed E-state index contributed by atoms with van der Waals surface area (Å²) in [5.74, 6) is 0.684. The van der Waals surface area contributed by atoms with Gasteiger partial charge in [0.25, 0.3) is 0 Å². The van der Waals surface area contributed by atoms with E-state index in [4.69, 9.17) is 4.74 Å². The van der Waals surface area contributed by atoms with Crippen LogP contribution in [0.5, 0.6) is 5.75 Å². The summed E-state index contributed by atoms with van der Waals surface area (Å²) in [6.45, 7) is 0.294. The zero-order valence-electron chi connectivity index (χ0n) is 15.7. The van der Waals surface area contributed by atoms with Gasteiger partial charge in [-0.05, 0) is 35.4 Å². The molecule has 1 heterocycles. The molecule has 1 unspecified atom stereocenters. The van der Waals surface area contributed by atoms with Crippen LogP contribution in [0.4, 0.5) is 0 Å². The fourth-order valence-corrected chi connectivity index (χ4v) is 3.37. The Hall–Kier alpha value is -3.31. The number of fused-ring (bicyclic) bond motifs is 1. The van der Waals surface area contributed by atoms with Gasteiger partial charge in [0, 0.05) is 7.05 Å². The molecule has 3 aromatic carbocycles. The lowest BCUT2D eigenvalue weighted by Crippen LogP contribution is -2.30. The summed E-state index contributed by atoms with van der Waals surface area (Å²) >= 11 is 0. The molecule has 1 N–H and O–H groups in total. The van der Waals surface area contributed by atoms with Gasteiger partial charge in [-0.1, -0.05) is 54.6 Å². The largest absolute Gasteiger partial charge is 0.491 e. The highest BCUT2D eigenvalue weighted by Gasteiger charge is 2.14. The Kier molecular flexibility index (Phi) is 5.00. The lowest BCUT2D eigenvalue weighted by atomic mass is 10.1. The van der Waals surface area contributed by atoms with Crippen molar-refractivity contribution in [2.45, 2.75) is 12.6 Å². The number of imidazole rings is 1. The van der Waals surface area contributed by atoms with E-state index >= 15 is 0 Å². The third-order valence-corrected chi connectivity index (χ3v) is 4.85. The van der Waals surface area contributed by atoms with Crippen molar-refractivity contribution in [2.24, 2.45) is 7.05 Å². The van der Waals surface area contributed by atoms with Gasteiger partial charge in [-0.3, -0.25) is 9.13 Å². The average Bonchev–Trinajstić information content (AvgIpc) is 2.98. The van der Waals surface area contributed by atoms with E-state index in [2.05, 4.69) is 12.1 Å². The second kappa shape index (κ2) is 7.74. The molecule has 5 heteroatoms. The van der Waals surface area contributed by atoms with Crippen LogP contribution >= 0.6 is 0 Å². The van der Waals surface area contributed by atoms with E-state index in [0.29, 0.717) is 5.75 Å². The molecular weight excluding hydrogens is 352 g/mol. The monoisotopic (exact) mass is 374 g/mol. The highest BCUT2D eigenvalue weighted by Crippen LogP contribution is 2.22. The maximum absolute atomic E-state index is 12.4. The minimum Gasteiger partial charge on any atom is -0.491 e. The normalized spacial score (nSPS) is 12.2. The standard InChI is InChI=1S/C23H22N2O3/c1-24-21-9-5-6-10-22(21)25(23(24)27)15-19(26)16-28-20-13-11-18(12-14-20)17-7-3-2-4-8-17/h2-14,19,26H,15-16H2,1H3. The Balaban J connectivity index is 1.42. The number of aliphatic hydroxyl groups is 1. The molecule has 0 saturated carbocycles. The zero-order chi connectivity index (χ0) is 19.5. The number of hydrogen-bond donors (Lipinski definition) is 1. The summed E-state index contributed by atoms with van der Waals surface area (Å²) in [4.78, 5) is 12.4. The summed E-state index contributed by atoms with van der Waals surface area (Å²) in [7, 11) is 1.73. The first-order valence-electron chi connectivity index (χ1n) is 9.24. The van der Waals surface area contributed by atoms with E-state index in [0.717, 1.165) is 22.2 Å². The molecule has 1 atom stereocenters. The number of ether oxygens (including phenoxy) is 1. The van der Waals surface area contributed by atoms with E-state index < -0.39 is 6.10 Å². The molecule has 0 aliphatic rings. The molecule has 0 bridgehead atoms. The Morgan fingerprint density at radius 3 is 2.18 bits per heavy atom. The number of aryl methyl sites for hydroxylation is 1. The average molecular weight is 374 g/mol. The highest BCUT2D eigenvalue weighted by atomic mass is 16.5. The fraction of sp³-hybridized carbons (Fsp3) is 0.174. The number of benzene rings is 3. The van der Waals surface area contributed by atoms with Gasteiger partial charge in [-0.25, -0.2) is 4.79 Å². The topological polar surface area (TPSA) is 56.4 Å². The van der Waals surface area contributed by atoms with Crippen molar-refractivity contribution in [3.8, 4) is 16.9 Å². The number of aliphatic hydroxyl groups excluding tert-OH is 1. The molecule has 4 aromatic rings. The molecule has 5 nitrogen and oxygen atoms in total. The van der Waals surface area contributed by atoms with Gasteiger partial charge < -0.3 is 9.84 Å². The number of rotatable bonds is 6. The molecule has 0 amide bonds. The van der Waals surface area contributed by atoms with Gasteiger partial charge in [0.1, 0.15) is 18.5 Å². The van der Waals surface area contributed by atoms with Gasteiger partial charge in [-0.15, -0.1) is 0 Å². The van der Waals surface area contributed by atoms with Crippen LogP contribution in [0.3, 0.4) is 0 Å².